The molecule has 2 aliphatic heterocycles. The van der Waals surface area contributed by atoms with Crippen molar-refractivity contribution >= 4 is 37.8 Å². The molecule has 3 rings (SSSR count). The maximum atomic E-state index is 13.2. The van der Waals surface area contributed by atoms with E-state index >= 15 is 0 Å². The number of aliphatic hydroxyl groups excluding tert-OH is 1. The monoisotopic (exact) mass is 503 g/mol. The second-order valence-electron chi connectivity index (χ2n) is 7.93. The number of aliphatic hydroxyl groups is 1. The van der Waals surface area contributed by atoms with Gasteiger partial charge in [0.25, 0.3) is 17.7 Å². The Balaban J connectivity index is 2.01. The highest BCUT2D eigenvalue weighted by Crippen LogP contribution is 2.37. The summed E-state index contributed by atoms with van der Waals surface area (Å²) in [7, 11) is -8.05. The molecule has 0 aromatic heterocycles. The van der Waals surface area contributed by atoms with Crippen LogP contribution in [-0.4, -0.2) is 85.3 Å². The first kappa shape index (κ1) is 24.6. The van der Waals surface area contributed by atoms with E-state index in [0.29, 0.717) is 18.1 Å². The Morgan fingerprint density at radius 2 is 1.64 bits per heavy atom. The van der Waals surface area contributed by atoms with E-state index in [1.54, 1.807) is 0 Å². The Kier molecular flexibility index (Phi) is 6.28. The van der Waals surface area contributed by atoms with Gasteiger partial charge in [0.2, 0.25) is 20.0 Å². The van der Waals surface area contributed by atoms with Gasteiger partial charge in [-0.05, 0) is 24.1 Å². The normalized spacial score (nSPS) is 21.8. The molecule has 1 N–H and O–H groups in total. The first-order chi connectivity index (χ1) is 15.1. The summed E-state index contributed by atoms with van der Waals surface area (Å²) in [5.74, 6) is -5.82. The number of rotatable bonds is 5. The molecule has 14 heteroatoms. The summed E-state index contributed by atoms with van der Waals surface area (Å²) in [6.07, 6.45) is 1.09. The minimum Gasteiger partial charge on any atom is -0.503 e. The van der Waals surface area contributed by atoms with E-state index in [9.17, 15) is 40.7 Å². The van der Waals surface area contributed by atoms with E-state index in [2.05, 4.69) is 0 Å². The average molecular weight is 504 g/mol. The number of amides is 3. The molecule has 0 bridgehead atoms. The lowest BCUT2D eigenvalue weighted by molar-refractivity contribution is -0.146. The number of hydrogen-bond donors (Lipinski definition) is 1. The van der Waals surface area contributed by atoms with Crippen molar-refractivity contribution < 1.29 is 40.7 Å². The molecular formula is C19H22FN3O8S2. The van der Waals surface area contributed by atoms with E-state index < -0.39 is 66.9 Å². The molecular weight excluding hydrogens is 481 g/mol. The fourth-order valence-corrected chi connectivity index (χ4v) is 6.96. The maximum absolute atomic E-state index is 13.2. The number of halogens is 1. The van der Waals surface area contributed by atoms with Gasteiger partial charge >= 0.3 is 0 Å². The van der Waals surface area contributed by atoms with Crippen LogP contribution >= 0.6 is 0 Å². The van der Waals surface area contributed by atoms with Crippen molar-refractivity contribution in [1.82, 2.24) is 13.5 Å². The van der Waals surface area contributed by atoms with Gasteiger partial charge in [0, 0.05) is 26.1 Å². The van der Waals surface area contributed by atoms with Crippen LogP contribution in [-0.2, 0) is 41.0 Å². The van der Waals surface area contributed by atoms with Gasteiger partial charge in [0.05, 0.1) is 18.1 Å². The Morgan fingerprint density at radius 1 is 1.09 bits per heavy atom. The molecule has 2 unspecified atom stereocenters. The predicted octanol–water partition coefficient (Wildman–Crippen LogP) is -0.425. The molecule has 2 aliphatic rings. The largest absolute Gasteiger partial charge is 0.503 e. The second-order valence-corrected chi connectivity index (χ2v) is 11.8. The summed E-state index contributed by atoms with van der Waals surface area (Å²) in [4.78, 5) is 40.9. The van der Waals surface area contributed by atoms with Crippen LogP contribution in [0.5, 0.6) is 0 Å². The molecule has 1 aromatic rings. The molecule has 0 aliphatic carbocycles. The van der Waals surface area contributed by atoms with Crippen LogP contribution in [0.2, 0.25) is 0 Å². The molecule has 0 saturated carbocycles. The van der Waals surface area contributed by atoms with Crippen molar-refractivity contribution in [3.05, 3.63) is 47.0 Å². The van der Waals surface area contributed by atoms with Gasteiger partial charge in [-0.2, -0.15) is 0 Å². The van der Waals surface area contributed by atoms with Gasteiger partial charge in [-0.3, -0.25) is 14.4 Å². The van der Waals surface area contributed by atoms with Crippen molar-refractivity contribution in [2.45, 2.75) is 19.0 Å². The van der Waals surface area contributed by atoms with E-state index in [4.69, 9.17) is 0 Å². The summed E-state index contributed by atoms with van der Waals surface area (Å²) < 4.78 is 61.2. The number of likely N-dealkylation sites (N-methyl/N-ethyl adjacent to an activating group) is 1. The lowest BCUT2D eigenvalue weighted by atomic mass is 9.79. The van der Waals surface area contributed by atoms with Crippen molar-refractivity contribution in [2.75, 3.05) is 26.1 Å². The molecule has 1 aromatic carbocycles. The quantitative estimate of drug-likeness (QED) is 0.569. The van der Waals surface area contributed by atoms with Crippen LogP contribution in [0.1, 0.15) is 12.0 Å². The van der Waals surface area contributed by atoms with E-state index in [1.807, 2.05) is 0 Å². The van der Waals surface area contributed by atoms with Gasteiger partial charge in [-0.1, -0.05) is 12.1 Å². The van der Waals surface area contributed by atoms with Crippen molar-refractivity contribution in [1.29, 1.82) is 0 Å². The number of piperidine rings is 1. The van der Waals surface area contributed by atoms with Crippen molar-refractivity contribution in [3.8, 4) is 0 Å². The van der Waals surface area contributed by atoms with Crippen molar-refractivity contribution in [3.63, 3.8) is 0 Å². The summed E-state index contributed by atoms with van der Waals surface area (Å²) in [6.45, 7) is 0.0886. The van der Waals surface area contributed by atoms with Crippen LogP contribution in [0.3, 0.4) is 0 Å². The molecule has 0 radical (unpaired) electrons. The number of sulfonamides is 2. The number of nitrogens with zero attached hydrogens (tertiary/aromatic N) is 3. The first-order valence-corrected chi connectivity index (χ1v) is 13.3. The Morgan fingerprint density at radius 3 is 2.15 bits per heavy atom. The lowest BCUT2D eigenvalue weighted by Crippen LogP contribution is -2.61. The topological polar surface area (TPSA) is 149 Å². The number of fused-ring (bicyclic) bond motifs is 1. The standard InChI is InChI=1S/C19H22FN3O8S2/c1-21-15(18(26)23(32(2,28)29)33(3,30)31)13-8-9-22(10-11-4-6-12(20)7-5-11)17(25)14(13)16(24)19(21)27/h4-7,13,15,24H,8-10H2,1-3H3. The molecule has 1 saturated heterocycles. The van der Waals surface area contributed by atoms with Gasteiger partial charge in [-0.15, -0.1) is 3.71 Å². The maximum Gasteiger partial charge on any atom is 0.289 e. The zero-order valence-electron chi connectivity index (χ0n) is 17.9. The Labute approximate surface area is 190 Å². The third kappa shape index (κ3) is 4.57. The highest BCUT2D eigenvalue weighted by molar-refractivity contribution is 8.04. The van der Waals surface area contributed by atoms with Gasteiger partial charge in [0.15, 0.2) is 5.76 Å². The zero-order chi connectivity index (χ0) is 24.9. The third-order valence-corrected chi connectivity index (χ3v) is 8.69. The Bertz CT molecular complexity index is 1230. The number of likely N-dealkylation sites (tertiary alicyclic amines) is 1. The van der Waals surface area contributed by atoms with Crippen LogP contribution in [0, 0.1) is 11.7 Å². The number of carbonyl (C=O) groups is 3. The fraction of sp³-hybridized carbons (Fsp3) is 0.421. The average Bonchev–Trinajstić information content (AvgIpc) is 2.67. The first-order valence-electron chi connectivity index (χ1n) is 9.63. The summed E-state index contributed by atoms with van der Waals surface area (Å²) in [5, 5.41) is 10.4. The molecule has 2 heterocycles. The smallest absolute Gasteiger partial charge is 0.289 e. The predicted molar refractivity (Wildman–Crippen MR) is 113 cm³/mol. The van der Waals surface area contributed by atoms with Gasteiger partial charge in [-0.25, -0.2) is 21.2 Å². The Hall–Kier alpha value is -3.00. The zero-order valence-corrected chi connectivity index (χ0v) is 19.6. The highest BCUT2D eigenvalue weighted by atomic mass is 32.3. The molecule has 3 amide bonds. The number of benzene rings is 1. The lowest BCUT2D eigenvalue weighted by Gasteiger charge is -2.43. The second kappa shape index (κ2) is 8.41. The molecule has 0 spiro atoms. The third-order valence-electron chi connectivity index (χ3n) is 5.50. The molecule has 2 atom stereocenters. The molecule has 180 valence electrons. The molecule has 1 fully saturated rings. The number of hydrogen-bond acceptors (Lipinski definition) is 8. The molecule has 33 heavy (non-hydrogen) atoms. The van der Waals surface area contributed by atoms with E-state index in [0.717, 1.165) is 11.9 Å². The van der Waals surface area contributed by atoms with Crippen LogP contribution in [0.25, 0.3) is 0 Å². The summed E-state index contributed by atoms with van der Waals surface area (Å²) in [6, 6.07) is 3.70. The summed E-state index contributed by atoms with van der Waals surface area (Å²) in [5.41, 5.74) is 0.183. The SMILES string of the molecule is CN1C(=O)C(O)=C2C(=O)N(Cc3ccc(F)cc3)CCC2C1C(=O)N(S(C)(=O)=O)S(C)(=O)=O. The van der Waals surface area contributed by atoms with Gasteiger partial charge < -0.3 is 14.9 Å². The van der Waals surface area contributed by atoms with Crippen LogP contribution < -0.4 is 0 Å². The fourth-order valence-electron chi connectivity index (χ4n) is 4.12. The molecule has 11 nitrogen and oxygen atoms in total. The number of carbonyl (C=O) groups excluding carboxylic acids is 3. The van der Waals surface area contributed by atoms with Crippen LogP contribution in [0.15, 0.2) is 35.6 Å². The van der Waals surface area contributed by atoms with Gasteiger partial charge in [0.1, 0.15) is 11.9 Å². The highest BCUT2D eigenvalue weighted by Gasteiger charge is 2.52. The van der Waals surface area contributed by atoms with E-state index in [1.165, 1.54) is 29.2 Å². The minimum absolute atomic E-state index is 0.0295. The van der Waals surface area contributed by atoms with Crippen molar-refractivity contribution in [2.24, 2.45) is 5.92 Å². The van der Waals surface area contributed by atoms with E-state index in [-0.39, 0.29) is 23.2 Å². The van der Waals surface area contributed by atoms with Crippen LogP contribution in [0.4, 0.5) is 4.39 Å². The summed E-state index contributed by atoms with van der Waals surface area (Å²) >= 11 is 0. The minimum atomic E-state index is -4.58.